The number of nitrogen functional groups attached to an aromatic ring is 1. The minimum Gasteiger partial charge on any atom is -0.431 e. The van der Waals surface area contributed by atoms with Gasteiger partial charge in [0.25, 0.3) is 0 Å². The minimum absolute atomic E-state index is 0.0842. The third-order valence-corrected chi connectivity index (χ3v) is 7.31. The van der Waals surface area contributed by atoms with Crippen LogP contribution in [0.5, 0.6) is 0 Å². The molecule has 2 saturated heterocycles. The van der Waals surface area contributed by atoms with Crippen molar-refractivity contribution in [2.45, 2.75) is 94.3 Å². The van der Waals surface area contributed by atoms with Crippen LogP contribution in [0.4, 0.5) is 10.6 Å². The molecule has 2 saturated carbocycles. The number of carbonyl (C=O) groups excluding carboxylic acids is 1. The molecule has 6 rings (SSSR count). The number of rotatable bonds is 3. The lowest BCUT2D eigenvalue weighted by atomic mass is 9.98. The van der Waals surface area contributed by atoms with Gasteiger partial charge in [0.2, 0.25) is 0 Å². The summed E-state index contributed by atoms with van der Waals surface area (Å²) in [6.07, 6.45) is 4.12. The van der Waals surface area contributed by atoms with Crippen molar-refractivity contribution in [3.8, 4) is 0 Å². The molecule has 2 aliphatic heterocycles. The zero-order chi connectivity index (χ0) is 22.3. The van der Waals surface area contributed by atoms with Gasteiger partial charge < -0.3 is 29.4 Å². The topological polar surface area (TPSA) is 119 Å². The third kappa shape index (κ3) is 2.66. The molecule has 1 spiro atoms. The Labute approximate surface area is 185 Å². The van der Waals surface area contributed by atoms with Crippen LogP contribution in [0.2, 0.25) is 0 Å². The van der Waals surface area contributed by atoms with Gasteiger partial charge in [0, 0.05) is 0 Å². The van der Waals surface area contributed by atoms with Crippen molar-refractivity contribution in [2.24, 2.45) is 0 Å². The fourth-order valence-electron chi connectivity index (χ4n) is 5.83. The summed E-state index contributed by atoms with van der Waals surface area (Å²) in [6, 6.07) is 3.75. The Bertz CT molecular complexity index is 1080. The predicted octanol–water partition coefficient (Wildman–Crippen LogP) is 2.90. The number of carbonyl (C=O) groups is 1. The van der Waals surface area contributed by atoms with Gasteiger partial charge in [-0.25, -0.2) is 14.3 Å². The standard InChI is InChI=1S/C22H28N4O6/c1-20(2)31-16-15(13-9-10-14-17(23)24-11-25-26(13)14)30-21(3)18(22(16,21)32-20)29-19(27)28-12-7-5-4-6-8-12/h9-12,15-16,18H,4-8H2,1-3H3,(H2,23,24,25)/t15-,16-,18?,21+,22+/m0/s1. The van der Waals surface area contributed by atoms with Crippen molar-refractivity contribution in [2.75, 3.05) is 5.73 Å². The van der Waals surface area contributed by atoms with Crippen molar-refractivity contribution in [3.05, 3.63) is 24.2 Å². The van der Waals surface area contributed by atoms with Gasteiger partial charge in [-0.05, 0) is 58.6 Å². The van der Waals surface area contributed by atoms with E-state index in [0.29, 0.717) is 11.3 Å². The predicted molar refractivity (Wildman–Crippen MR) is 111 cm³/mol. The second-order valence-electron chi connectivity index (χ2n) is 9.81. The highest BCUT2D eigenvalue weighted by molar-refractivity contribution is 5.66. The normalized spacial score (nSPS) is 37.8. The van der Waals surface area contributed by atoms with E-state index < -0.39 is 41.5 Å². The van der Waals surface area contributed by atoms with Gasteiger partial charge in [0.15, 0.2) is 23.3 Å². The van der Waals surface area contributed by atoms with Gasteiger partial charge >= 0.3 is 6.16 Å². The molecular weight excluding hydrogens is 416 g/mol. The molecule has 4 heterocycles. The summed E-state index contributed by atoms with van der Waals surface area (Å²) in [5, 5.41) is 4.33. The Morgan fingerprint density at radius 1 is 1.16 bits per heavy atom. The van der Waals surface area contributed by atoms with Gasteiger partial charge in [0.05, 0.1) is 5.69 Å². The molecule has 10 nitrogen and oxygen atoms in total. The lowest BCUT2D eigenvalue weighted by Gasteiger charge is -2.25. The van der Waals surface area contributed by atoms with Crippen LogP contribution < -0.4 is 5.73 Å². The number of nitrogens with zero attached hydrogens (tertiary/aromatic N) is 3. The second-order valence-corrected chi connectivity index (χ2v) is 9.81. The fourth-order valence-corrected chi connectivity index (χ4v) is 5.83. The molecule has 2 N–H and O–H groups in total. The van der Waals surface area contributed by atoms with Crippen LogP contribution in [-0.4, -0.2) is 56.1 Å². The number of aromatic nitrogens is 3. The van der Waals surface area contributed by atoms with Crippen LogP contribution in [0, 0.1) is 0 Å². The average molecular weight is 444 g/mol. The maximum Gasteiger partial charge on any atom is 0.509 e. The molecule has 172 valence electrons. The minimum atomic E-state index is -0.921. The largest absolute Gasteiger partial charge is 0.509 e. The van der Waals surface area contributed by atoms with Gasteiger partial charge in [-0.1, -0.05) is 6.42 Å². The number of hydrogen-bond acceptors (Lipinski definition) is 9. The smallest absolute Gasteiger partial charge is 0.431 e. The zero-order valence-electron chi connectivity index (χ0n) is 18.4. The van der Waals surface area contributed by atoms with Crippen molar-refractivity contribution >= 4 is 17.5 Å². The highest BCUT2D eigenvalue weighted by Gasteiger charge is 2.92. The lowest BCUT2D eigenvalue weighted by Crippen LogP contribution is -2.34. The van der Waals surface area contributed by atoms with Gasteiger partial charge in [-0.3, -0.25) is 0 Å². The maximum absolute atomic E-state index is 12.6. The van der Waals surface area contributed by atoms with Crippen molar-refractivity contribution < 1.29 is 28.5 Å². The maximum atomic E-state index is 12.6. The summed E-state index contributed by atoms with van der Waals surface area (Å²) in [5.74, 6) is -0.480. The molecule has 32 heavy (non-hydrogen) atoms. The second kappa shape index (κ2) is 6.55. The molecule has 4 fully saturated rings. The number of hydrogen-bond donors (Lipinski definition) is 1. The van der Waals surface area contributed by atoms with Crippen LogP contribution in [0.3, 0.4) is 0 Å². The van der Waals surface area contributed by atoms with Crippen LogP contribution >= 0.6 is 0 Å². The van der Waals surface area contributed by atoms with Crippen LogP contribution in [0.25, 0.3) is 5.52 Å². The molecule has 0 amide bonds. The number of nitrogens with two attached hydrogens (primary N) is 1. The molecule has 5 atom stereocenters. The fraction of sp³-hybridized carbons (Fsp3) is 0.682. The molecule has 0 bridgehead atoms. The van der Waals surface area contributed by atoms with E-state index in [1.807, 2.05) is 32.9 Å². The Morgan fingerprint density at radius 2 is 1.94 bits per heavy atom. The van der Waals surface area contributed by atoms with Crippen molar-refractivity contribution in [3.63, 3.8) is 0 Å². The summed E-state index contributed by atoms with van der Waals surface area (Å²) in [4.78, 5) is 16.6. The van der Waals surface area contributed by atoms with E-state index in [9.17, 15) is 4.79 Å². The first-order valence-electron chi connectivity index (χ1n) is 11.3. The first kappa shape index (κ1) is 20.2. The summed E-state index contributed by atoms with van der Waals surface area (Å²) in [5.41, 5.74) is 5.66. The van der Waals surface area contributed by atoms with Crippen molar-refractivity contribution in [1.29, 1.82) is 0 Å². The van der Waals surface area contributed by atoms with E-state index in [-0.39, 0.29) is 6.10 Å². The van der Waals surface area contributed by atoms with E-state index in [2.05, 4.69) is 10.1 Å². The molecule has 1 unspecified atom stereocenters. The monoisotopic (exact) mass is 444 g/mol. The molecule has 0 radical (unpaired) electrons. The van der Waals surface area contributed by atoms with Gasteiger partial charge in [-0.2, -0.15) is 5.10 Å². The molecular formula is C22H28N4O6. The van der Waals surface area contributed by atoms with E-state index in [0.717, 1.165) is 31.4 Å². The van der Waals surface area contributed by atoms with E-state index in [4.69, 9.17) is 29.4 Å². The highest BCUT2D eigenvalue weighted by Crippen LogP contribution is 2.71. The summed E-state index contributed by atoms with van der Waals surface area (Å²) in [6.45, 7) is 5.59. The SMILES string of the molecule is CC1(C)O[C@H]2[C@H](c3ccc4c(N)ncnn34)O[C@]3(C)C(OC(=O)OC4CCCCC4)[C@]23O1. The number of ether oxygens (including phenoxy) is 5. The first-order valence-corrected chi connectivity index (χ1v) is 11.3. The Kier molecular flexibility index (Phi) is 4.14. The highest BCUT2D eigenvalue weighted by atomic mass is 16.8. The van der Waals surface area contributed by atoms with Crippen LogP contribution in [0.15, 0.2) is 18.5 Å². The number of anilines is 1. The average Bonchev–Trinajstić information content (AvgIpc) is 3.13. The quantitative estimate of drug-likeness (QED) is 0.713. The Balaban J connectivity index is 1.27. The molecule has 2 aromatic heterocycles. The molecule has 10 heteroatoms. The van der Waals surface area contributed by atoms with Crippen LogP contribution in [0.1, 0.15) is 64.7 Å². The van der Waals surface area contributed by atoms with Gasteiger partial charge in [-0.15, -0.1) is 0 Å². The van der Waals surface area contributed by atoms with Gasteiger partial charge in [0.1, 0.15) is 35.8 Å². The number of fused-ring (bicyclic) bond motifs is 1. The molecule has 2 aliphatic carbocycles. The summed E-state index contributed by atoms with van der Waals surface area (Å²) >= 11 is 0. The molecule has 2 aromatic rings. The van der Waals surface area contributed by atoms with E-state index in [1.54, 1.807) is 4.52 Å². The summed E-state index contributed by atoms with van der Waals surface area (Å²) < 4.78 is 32.2. The Hall–Kier alpha value is -2.43. The Morgan fingerprint density at radius 3 is 2.72 bits per heavy atom. The van der Waals surface area contributed by atoms with Crippen LogP contribution in [-0.2, 0) is 23.7 Å². The van der Waals surface area contributed by atoms with E-state index >= 15 is 0 Å². The first-order chi connectivity index (χ1) is 15.3. The van der Waals surface area contributed by atoms with E-state index in [1.165, 1.54) is 12.7 Å². The molecule has 0 aromatic carbocycles. The third-order valence-electron chi connectivity index (χ3n) is 7.31. The summed E-state index contributed by atoms with van der Waals surface area (Å²) in [7, 11) is 0. The lowest BCUT2D eigenvalue weighted by molar-refractivity contribution is -0.186. The van der Waals surface area contributed by atoms with Crippen molar-refractivity contribution in [1.82, 2.24) is 14.6 Å². The zero-order valence-corrected chi connectivity index (χ0v) is 18.4. The molecule has 4 aliphatic rings.